The molecule has 0 aliphatic rings. The van der Waals surface area contributed by atoms with Gasteiger partial charge < -0.3 is 4.57 Å². The Bertz CT molecular complexity index is 916. The van der Waals surface area contributed by atoms with Crippen LogP contribution in [0.4, 0.5) is 8.78 Å². The van der Waals surface area contributed by atoms with Crippen LogP contribution in [-0.4, -0.2) is 4.57 Å². The van der Waals surface area contributed by atoms with Crippen molar-refractivity contribution in [2.24, 2.45) is 0 Å². The third kappa shape index (κ3) is 3.19. The molecule has 2 aromatic carbocycles. The van der Waals surface area contributed by atoms with Crippen LogP contribution in [0, 0.1) is 25.5 Å². The SMILES string of the molecule is Cc1cc(-c2ccc(Cl)c(Cl)c2)c(C)n1Cc1ccc(F)cc1F. The van der Waals surface area contributed by atoms with E-state index in [2.05, 4.69) is 0 Å². The van der Waals surface area contributed by atoms with Crippen LogP contribution in [0.1, 0.15) is 17.0 Å². The maximum atomic E-state index is 13.9. The number of aromatic nitrogens is 1. The standard InChI is InChI=1S/C19H15Cl2F2N/c1-11-7-16(13-4-6-17(20)18(21)8-13)12(2)24(11)10-14-3-5-15(22)9-19(14)23/h3-9H,10H2,1-2H3. The highest BCUT2D eigenvalue weighted by atomic mass is 35.5. The molecule has 1 nitrogen and oxygen atoms in total. The van der Waals surface area contributed by atoms with E-state index in [1.54, 1.807) is 6.07 Å². The highest BCUT2D eigenvalue weighted by molar-refractivity contribution is 6.42. The molecule has 3 aromatic rings. The van der Waals surface area contributed by atoms with Gasteiger partial charge in [-0.3, -0.25) is 0 Å². The number of halogens is 4. The number of benzene rings is 2. The molecule has 0 amide bonds. The molecule has 0 spiro atoms. The maximum Gasteiger partial charge on any atom is 0.131 e. The topological polar surface area (TPSA) is 4.93 Å². The molecule has 0 bridgehead atoms. The van der Waals surface area contributed by atoms with Gasteiger partial charge >= 0.3 is 0 Å². The van der Waals surface area contributed by atoms with Gasteiger partial charge in [0.15, 0.2) is 0 Å². The van der Waals surface area contributed by atoms with Crippen LogP contribution in [0.3, 0.4) is 0 Å². The quantitative estimate of drug-likeness (QED) is 0.505. The number of aryl methyl sites for hydroxylation is 1. The van der Waals surface area contributed by atoms with Crippen LogP contribution in [0.15, 0.2) is 42.5 Å². The van der Waals surface area contributed by atoms with Crippen molar-refractivity contribution in [2.75, 3.05) is 0 Å². The van der Waals surface area contributed by atoms with Gasteiger partial charge in [0.2, 0.25) is 0 Å². The summed E-state index contributed by atoms with van der Waals surface area (Å²) in [7, 11) is 0. The molecule has 5 heteroatoms. The van der Waals surface area contributed by atoms with E-state index in [0.29, 0.717) is 22.2 Å². The molecular formula is C19H15Cl2F2N. The first kappa shape index (κ1) is 17.0. The predicted octanol–water partition coefficient (Wildman–Crippen LogP) is 6.41. The average molecular weight is 366 g/mol. The van der Waals surface area contributed by atoms with Gasteiger partial charge in [-0.2, -0.15) is 0 Å². The van der Waals surface area contributed by atoms with Gasteiger partial charge in [0.25, 0.3) is 0 Å². The zero-order chi connectivity index (χ0) is 17.4. The third-order valence-corrected chi connectivity index (χ3v) is 4.89. The summed E-state index contributed by atoms with van der Waals surface area (Å²) in [5.74, 6) is -1.12. The summed E-state index contributed by atoms with van der Waals surface area (Å²) in [5, 5.41) is 0.992. The number of hydrogen-bond acceptors (Lipinski definition) is 0. The summed E-state index contributed by atoms with van der Waals surface area (Å²) in [6, 6.07) is 11.1. The van der Waals surface area contributed by atoms with Gasteiger partial charge in [-0.25, -0.2) is 8.78 Å². The van der Waals surface area contributed by atoms with Gasteiger partial charge in [0, 0.05) is 28.6 Å². The zero-order valence-corrected chi connectivity index (χ0v) is 14.7. The normalized spacial score (nSPS) is 11.1. The highest BCUT2D eigenvalue weighted by Gasteiger charge is 2.14. The van der Waals surface area contributed by atoms with Gasteiger partial charge in [0.1, 0.15) is 11.6 Å². The fourth-order valence-corrected chi connectivity index (χ4v) is 3.12. The van der Waals surface area contributed by atoms with Gasteiger partial charge in [-0.05, 0) is 43.7 Å². The summed E-state index contributed by atoms with van der Waals surface area (Å²) in [6.45, 7) is 4.26. The van der Waals surface area contributed by atoms with Crippen LogP contribution in [0.25, 0.3) is 11.1 Å². The molecule has 0 unspecified atom stereocenters. The van der Waals surface area contributed by atoms with E-state index in [1.807, 2.05) is 36.6 Å². The molecule has 3 rings (SSSR count). The molecule has 0 N–H and O–H groups in total. The lowest BCUT2D eigenvalue weighted by atomic mass is 10.1. The lowest BCUT2D eigenvalue weighted by molar-refractivity contribution is 0.564. The Balaban J connectivity index is 2.01. The Labute approximate surface area is 149 Å². The zero-order valence-electron chi connectivity index (χ0n) is 13.2. The molecule has 0 fully saturated rings. The lowest BCUT2D eigenvalue weighted by Crippen LogP contribution is -2.06. The first-order chi connectivity index (χ1) is 11.4. The summed E-state index contributed by atoms with van der Waals surface area (Å²) >= 11 is 12.1. The van der Waals surface area contributed by atoms with Crippen LogP contribution in [-0.2, 0) is 6.54 Å². The summed E-state index contributed by atoms with van der Waals surface area (Å²) in [4.78, 5) is 0. The number of rotatable bonds is 3. The average Bonchev–Trinajstić information content (AvgIpc) is 2.80. The van der Waals surface area contributed by atoms with E-state index in [1.165, 1.54) is 12.1 Å². The predicted molar refractivity (Wildman–Crippen MR) is 94.8 cm³/mol. The second kappa shape index (κ2) is 6.58. The largest absolute Gasteiger partial charge is 0.344 e. The van der Waals surface area contributed by atoms with Crippen molar-refractivity contribution in [1.29, 1.82) is 0 Å². The van der Waals surface area contributed by atoms with Crippen LogP contribution >= 0.6 is 23.2 Å². The van der Waals surface area contributed by atoms with Crippen molar-refractivity contribution < 1.29 is 8.78 Å². The minimum absolute atomic E-state index is 0.338. The van der Waals surface area contributed by atoms with Crippen molar-refractivity contribution >= 4 is 23.2 Å². The van der Waals surface area contributed by atoms with Crippen molar-refractivity contribution in [1.82, 2.24) is 4.57 Å². The third-order valence-electron chi connectivity index (χ3n) is 4.15. The molecule has 0 atom stereocenters. The summed E-state index contributed by atoms with van der Waals surface area (Å²) < 4.78 is 29.0. The van der Waals surface area contributed by atoms with Gasteiger partial charge in [-0.15, -0.1) is 0 Å². The van der Waals surface area contributed by atoms with Crippen molar-refractivity contribution in [3.63, 3.8) is 0 Å². The van der Waals surface area contributed by atoms with E-state index < -0.39 is 11.6 Å². The van der Waals surface area contributed by atoms with Crippen LogP contribution in [0.5, 0.6) is 0 Å². The van der Waals surface area contributed by atoms with Gasteiger partial charge in [0.05, 0.1) is 16.6 Å². The Kier molecular flexibility index (Phi) is 4.66. The molecule has 24 heavy (non-hydrogen) atoms. The van der Waals surface area contributed by atoms with Crippen LogP contribution in [0.2, 0.25) is 10.0 Å². The van der Waals surface area contributed by atoms with Crippen molar-refractivity contribution in [2.45, 2.75) is 20.4 Å². The molecule has 1 heterocycles. The van der Waals surface area contributed by atoms with E-state index in [4.69, 9.17) is 23.2 Å². The maximum absolute atomic E-state index is 13.9. The fraction of sp³-hybridized carbons (Fsp3) is 0.158. The molecule has 0 saturated carbocycles. The fourth-order valence-electron chi connectivity index (χ4n) is 2.82. The Morgan fingerprint density at radius 3 is 2.33 bits per heavy atom. The first-order valence-electron chi connectivity index (χ1n) is 7.43. The monoisotopic (exact) mass is 365 g/mol. The van der Waals surface area contributed by atoms with Crippen LogP contribution < -0.4 is 0 Å². The van der Waals surface area contributed by atoms with E-state index in [-0.39, 0.29) is 0 Å². The highest BCUT2D eigenvalue weighted by Crippen LogP contribution is 2.32. The number of hydrogen-bond donors (Lipinski definition) is 0. The molecule has 0 saturated heterocycles. The smallest absolute Gasteiger partial charge is 0.131 e. The number of nitrogens with zero attached hydrogens (tertiary/aromatic N) is 1. The molecule has 1 aromatic heterocycles. The Morgan fingerprint density at radius 1 is 0.917 bits per heavy atom. The molecule has 0 radical (unpaired) electrons. The summed E-state index contributed by atoms with van der Waals surface area (Å²) in [6.07, 6.45) is 0. The van der Waals surface area contributed by atoms with E-state index >= 15 is 0 Å². The van der Waals surface area contributed by atoms with Crippen molar-refractivity contribution in [3.8, 4) is 11.1 Å². The molecule has 0 aliphatic carbocycles. The second-order valence-electron chi connectivity index (χ2n) is 5.74. The minimum Gasteiger partial charge on any atom is -0.344 e. The lowest BCUT2D eigenvalue weighted by Gasteiger charge is -2.11. The second-order valence-corrected chi connectivity index (χ2v) is 6.55. The molecule has 124 valence electrons. The van der Waals surface area contributed by atoms with Crippen molar-refractivity contribution in [3.05, 3.63) is 81.1 Å². The molecule has 0 aliphatic heterocycles. The Hall–Kier alpha value is -1.84. The Morgan fingerprint density at radius 2 is 1.67 bits per heavy atom. The molecular weight excluding hydrogens is 351 g/mol. The van der Waals surface area contributed by atoms with E-state index in [0.717, 1.165) is 28.6 Å². The minimum atomic E-state index is -0.575. The van der Waals surface area contributed by atoms with Gasteiger partial charge in [-0.1, -0.05) is 35.3 Å². The van der Waals surface area contributed by atoms with E-state index in [9.17, 15) is 8.78 Å². The summed E-state index contributed by atoms with van der Waals surface area (Å²) in [5.41, 5.74) is 4.36. The first-order valence-corrected chi connectivity index (χ1v) is 8.18.